The maximum Gasteiger partial charge on any atom is 0.573 e. The molecule has 1 saturated heterocycles. The molecule has 26 heavy (non-hydrogen) atoms. The zero-order valence-electron chi connectivity index (χ0n) is 14.2. The largest absolute Gasteiger partial charge is 0.573 e. The fraction of sp³-hybridized carbons (Fsp3) is 0.529. The Morgan fingerprint density at radius 3 is 2.81 bits per heavy atom. The highest BCUT2D eigenvalue weighted by molar-refractivity contribution is 7.99. The van der Waals surface area contributed by atoms with E-state index in [0.717, 1.165) is 0 Å². The van der Waals surface area contributed by atoms with E-state index in [1.807, 2.05) is 0 Å². The van der Waals surface area contributed by atoms with Crippen molar-refractivity contribution < 1.29 is 27.5 Å². The Morgan fingerprint density at radius 1 is 1.35 bits per heavy atom. The van der Waals surface area contributed by atoms with E-state index in [9.17, 15) is 22.8 Å². The van der Waals surface area contributed by atoms with E-state index in [4.69, 9.17) is 0 Å². The van der Waals surface area contributed by atoms with Crippen molar-refractivity contribution in [1.82, 2.24) is 4.90 Å². The summed E-state index contributed by atoms with van der Waals surface area (Å²) in [5.74, 6) is 0.486. The first kappa shape index (κ1) is 18.9. The zero-order chi connectivity index (χ0) is 18.9. The number of thioether (sulfide) groups is 1. The minimum absolute atomic E-state index is 0.0699. The van der Waals surface area contributed by atoms with E-state index in [1.165, 1.54) is 30.0 Å². The Kier molecular flexibility index (Phi) is 5.36. The maximum atomic E-state index is 13.0. The van der Waals surface area contributed by atoms with Crippen LogP contribution < -0.4 is 9.64 Å². The maximum absolute atomic E-state index is 13.0. The molecule has 0 N–H and O–H groups in total. The van der Waals surface area contributed by atoms with Gasteiger partial charge in [-0.3, -0.25) is 9.59 Å². The lowest BCUT2D eigenvalue weighted by Gasteiger charge is -2.34. The van der Waals surface area contributed by atoms with Gasteiger partial charge in [-0.05, 0) is 36.6 Å². The second-order valence-corrected chi connectivity index (χ2v) is 7.16. The van der Waals surface area contributed by atoms with Crippen LogP contribution in [0.4, 0.5) is 18.9 Å². The van der Waals surface area contributed by atoms with Gasteiger partial charge in [0.05, 0.1) is 5.88 Å². The van der Waals surface area contributed by atoms with Gasteiger partial charge in [0.25, 0.3) is 5.91 Å². The Morgan fingerprint density at radius 2 is 2.12 bits per heavy atom. The molecule has 0 aromatic heterocycles. The number of fused-ring (bicyclic) bond motifs is 1. The highest BCUT2D eigenvalue weighted by atomic mass is 32.2. The molecule has 0 radical (unpaired) electrons. The first-order valence-corrected chi connectivity index (χ1v) is 9.53. The molecule has 0 saturated carbocycles. The summed E-state index contributed by atoms with van der Waals surface area (Å²) in [5, 5.41) is 0. The van der Waals surface area contributed by atoms with Crippen LogP contribution in [0, 0.1) is 0 Å². The number of rotatable bonds is 3. The van der Waals surface area contributed by atoms with E-state index in [2.05, 4.69) is 4.74 Å². The summed E-state index contributed by atoms with van der Waals surface area (Å²) in [5.41, 5.74) is 1.24. The second kappa shape index (κ2) is 7.38. The topological polar surface area (TPSA) is 49.9 Å². The van der Waals surface area contributed by atoms with E-state index in [0.29, 0.717) is 48.7 Å². The standard InChI is InChI=1S/C17H19F3N2O3S/c1-2-15(23)22-10-26-9-14(22)16(24)21-7-3-4-11-8-12(5-6-13(11)21)25-17(18,19)20/h5-6,8,14H,2-4,7,9-10H2,1H3. The molecule has 1 atom stereocenters. The number of carbonyl (C=O) groups excluding carboxylic acids is 2. The average Bonchev–Trinajstić information content (AvgIpc) is 3.08. The fourth-order valence-corrected chi connectivity index (χ4v) is 4.45. The van der Waals surface area contributed by atoms with Crippen LogP contribution in [0.3, 0.4) is 0 Å². The zero-order valence-corrected chi connectivity index (χ0v) is 15.0. The number of halogens is 3. The van der Waals surface area contributed by atoms with Gasteiger partial charge in [0.1, 0.15) is 11.8 Å². The van der Waals surface area contributed by atoms with Crippen molar-refractivity contribution in [2.24, 2.45) is 0 Å². The van der Waals surface area contributed by atoms with E-state index in [1.54, 1.807) is 16.7 Å². The first-order valence-electron chi connectivity index (χ1n) is 8.37. The van der Waals surface area contributed by atoms with Crippen LogP contribution in [-0.2, 0) is 16.0 Å². The average molecular weight is 388 g/mol. The van der Waals surface area contributed by atoms with Gasteiger partial charge in [0.15, 0.2) is 0 Å². The Labute approximate surface area is 153 Å². The number of aryl methyl sites for hydroxylation is 1. The van der Waals surface area contributed by atoms with Gasteiger partial charge in [-0.15, -0.1) is 24.9 Å². The molecule has 2 aliphatic rings. The van der Waals surface area contributed by atoms with E-state index in [-0.39, 0.29) is 17.6 Å². The number of benzene rings is 1. The first-order chi connectivity index (χ1) is 12.3. The molecule has 1 unspecified atom stereocenters. The molecule has 2 amide bonds. The van der Waals surface area contributed by atoms with Crippen LogP contribution in [-0.4, -0.2) is 47.3 Å². The molecule has 1 aromatic carbocycles. The molecule has 2 aliphatic heterocycles. The molecule has 142 valence electrons. The number of ether oxygens (including phenoxy) is 1. The van der Waals surface area contributed by atoms with Crippen molar-refractivity contribution in [2.75, 3.05) is 23.1 Å². The summed E-state index contributed by atoms with van der Waals surface area (Å²) < 4.78 is 41.2. The van der Waals surface area contributed by atoms with Gasteiger partial charge >= 0.3 is 6.36 Å². The highest BCUT2D eigenvalue weighted by Gasteiger charge is 2.38. The van der Waals surface area contributed by atoms with Crippen molar-refractivity contribution >= 4 is 29.3 Å². The Bertz CT molecular complexity index is 711. The van der Waals surface area contributed by atoms with Crippen LogP contribution in [0.5, 0.6) is 5.75 Å². The molecule has 0 spiro atoms. The number of anilines is 1. The molecule has 0 aliphatic carbocycles. The van der Waals surface area contributed by atoms with Gasteiger partial charge in [0, 0.05) is 24.4 Å². The minimum Gasteiger partial charge on any atom is -0.406 e. The SMILES string of the molecule is CCC(=O)N1CSCC1C(=O)N1CCCc2cc(OC(F)(F)F)ccc21. The van der Waals surface area contributed by atoms with Crippen LogP contribution >= 0.6 is 11.8 Å². The molecule has 2 heterocycles. The third kappa shape index (κ3) is 3.92. The van der Waals surface area contributed by atoms with Crippen molar-refractivity contribution in [3.05, 3.63) is 23.8 Å². The van der Waals surface area contributed by atoms with Gasteiger partial charge in [-0.2, -0.15) is 0 Å². The predicted octanol–water partition coefficient (Wildman–Crippen LogP) is 3.18. The summed E-state index contributed by atoms with van der Waals surface area (Å²) in [4.78, 5) is 28.2. The van der Waals surface area contributed by atoms with Crippen molar-refractivity contribution in [1.29, 1.82) is 0 Å². The normalized spacial score (nSPS) is 20.1. The third-order valence-electron chi connectivity index (χ3n) is 4.46. The van der Waals surface area contributed by atoms with E-state index < -0.39 is 12.4 Å². The molecular formula is C17H19F3N2O3S. The lowest BCUT2D eigenvalue weighted by Crippen LogP contribution is -2.50. The van der Waals surface area contributed by atoms with Crippen molar-refractivity contribution in [2.45, 2.75) is 38.6 Å². The van der Waals surface area contributed by atoms with Gasteiger partial charge in [0.2, 0.25) is 5.91 Å². The monoisotopic (exact) mass is 388 g/mol. The Balaban J connectivity index is 1.83. The third-order valence-corrected chi connectivity index (χ3v) is 5.47. The molecule has 1 fully saturated rings. The summed E-state index contributed by atoms with van der Waals surface area (Å²) in [6, 6.07) is 3.52. The molecule has 1 aromatic rings. The fourth-order valence-electron chi connectivity index (χ4n) is 3.28. The Hall–Kier alpha value is -1.90. The highest BCUT2D eigenvalue weighted by Crippen LogP contribution is 2.34. The lowest BCUT2D eigenvalue weighted by atomic mass is 10.0. The smallest absolute Gasteiger partial charge is 0.406 e. The van der Waals surface area contributed by atoms with Gasteiger partial charge in [-0.1, -0.05) is 6.92 Å². The number of carbonyl (C=O) groups is 2. The van der Waals surface area contributed by atoms with E-state index >= 15 is 0 Å². The van der Waals surface area contributed by atoms with Crippen LogP contribution in [0.15, 0.2) is 18.2 Å². The number of hydrogen-bond acceptors (Lipinski definition) is 4. The van der Waals surface area contributed by atoms with Crippen molar-refractivity contribution in [3.63, 3.8) is 0 Å². The molecule has 3 rings (SSSR count). The predicted molar refractivity (Wildman–Crippen MR) is 92.0 cm³/mol. The lowest BCUT2D eigenvalue weighted by molar-refractivity contribution is -0.274. The summed E-state index contributed by atoms with van der Waals surface area (Å²) in [7, 11) is 0. The minimum atomic E-state index is -4.75. The molecule has 0 bridgehead atoms. The molecule has 5 nitrogen and oxygen atoms in total. The number of nitrogens with zero attached hydrogens (tertiary/aromatic N) is 2. The molecule has 9 heteroatoms. The quantitative estimate of drug-likeness (QED) is 0.798. The number of alkyl halides is 3. The van der Waals surface area contributed by atoms with Gasteiger partial charge < -0.3 is 14.5 Å². The van der Waals surface area contributed by atoms with Crippen LogP contribution in [0.25, 0.3) is 0 Å². The number of hydrogen-bond donors (Lipinski definition) is 0. The van der Waals surface area contributed by atoms with Crippen molar-refractivity contribution in [3.8, 4) is 5.75 Å². The number of amides is 2. The molecular weight excluding hydrogens is 369 g/mol. The summed E-state index contributed by atoms with van der Waals surface area (Å²) >= 11 is 1.53. The second-order valence-electron chi connectivity index (χ2n) is 6.16. The van der Waals surface area contributed by atoms with Gasteiger partial charge in [-0.25, -0.2) is 0 Å². The summed E-state index contributed by atoms with van der Waals surface area (Å²) in [6.45, 7) is 2.24. The van der Waals surface area contributed by atoms with Crippen LogP contribution in [0.2, 0.25) is 0 Å². The van der Waals surface area contributed by atoms with Crippen LogP contribution in [0.1, 0.15) is 25.3 Å². The summed E-state index contributed by atoms with van der Waals surface area (Å²) in [6.07, 6.45) is -3.19.